The minimum absolute atomic E-state index is 0.0912. The molecule has 0 unspecified atom stereocenters. The van der Waals surface area contributed by atoms with Crippen molar-refractivity contribution in [2.75, 3.05) is 20.2 Å². The molecule has 0 spiro atoms. The number of hydrogen-bond acceptors (Lipinski definition) is 3. The van der Waals surface area contributed by atoms with Crippen LogP contribution in [-0.2, 0) is 35.5 Å². The van der Waals surface area contributed by atoms with Crippen molar-refractivity contribution < 1.29 is 18.7 Å². The quantitative estimate of drug-likeness (QED) is 0.185. The second-order valence-electron chi connectivity index (χ2n) is 10.8. The number of fused-ring (bicyclic) bond motifs is 1. The first-order valence-corrected chi connectivity index (χ1v) is 14.4. The van der Waals surface area contributed by atoms with Gasteiger partial charge in [0.05, 0.1) is 13.5 Å². The number of carbonyl (C=O) groups is 2. The third-order valence-corrected chi connectivity index (χ3v) is 7.65. The van der Waals surface area contributed by atoms with Crippen molar-refractivity contribution in [3.8, 4) is 5.75 Å². The lowest BCUT2D eigenvalue weighted by Gasteiger charge is -2.28. The average molecular weight is 578 g/mol. The highest BCUT2D eigenvalue weighted by Gasteiger charge is 2.23. The summed E-state index contributed by atoms with van der Waals surface area (Å²) in [6.07, 6.45) is 2.80. The largest absolute Gasteiger partial charge is 0.497 e. The molecule has 5 aromatic rings. The number of halogens is 1. The van der Waals surface area contributed by atoms with E-state index in [-0.39, 0.29) is 37.1 Å². The highest BCUT2D eigenvalue weighted by atomic mass is 19.1. The van der Waals surface area contributed by atoms with Crippen molar-refractivity contribution in [3.63, 3.8) is 0 Å². The topological polar surface area (TPSA) is 65.6 Å². The molecule has 220 valence electrons. The van der Waals surface area contributed by atoms with E-state index < -0.39 is 0 Å². The molecule has 0 atom stereocenters. The van der Waals surface area contributed by atoms with Gasteiger partial charge in [0.15, 0.2) is 0 Å². The SMILES string of the molecule is COc1ccc(CC(=O)N(CC(=O)N(CCc2c[nH]c3ccccc23)Cc2ccc(C)cc2)Cc2ccc(F)cc2)cc1. The second kappa shape index (κ2) is 13.8. The van der Waals surface area contributed by atoms with Gasteiger partial charge >= 0.3 is 0 Å². The van der Waals surface area contributed by atoms with Gasteiger partial charge in [-0.05, 0) is 65.9 Å². The molecule has 0 fully saturated rings. The smallest absolute Gasteiger partial charge is 0.242 e. The molecule has 0 radical (unpaired) electrons. The van der Waals surface area contributed by atoms with E-state index in [9.17, 15) is 14.0 Å². The third-order valence-electron chi connectivity index (χ3n) is 7.65. The van der Waals surface area contributed by atoms with Gasteiger partial charge in [-0.2, -0.15) is 0 Å². The lowest BCUT2D eigenvalue weighted by Crippen LogP contribution is -2.43. The fourth-order valence-corrected chi connectivity index (χ4v) is 5.14. The number of benzene rings is 4. The number of hydrogen-bond donors (Lipinski definition) is 1. The van der Waals surface area contributed by atoms with Gasteiger partial charge < -0.3 is 19.5 Å². The number of methoxy groups -OCH3 is 1. The maximum atomic E-state index is 14.0. The molecule has 7 heteroatoms. The monoisotopic (exact) mass is 577 g/mol. The zero-order valence-corrected chi connectivity index (χ0v) is 24.6. The van der Waals surface area contributed by atoms with E-state index in [4.69, 9.17) is 4.74 Å². The van der Waals surface area contributed by atoms with Gasteiger partial charge in [-0.1, -0.05) is 72.3 Å². The molecular formula is C36H36FN3O3. The van der Waals surface area contributed by atoms with Crippen molar-refractivity contribution in [2.45, 2.75) is 32.9 Å². The lowest BCUT2D eigenvalue weighted by atomic mass is 10.1. The summed E-state index contributed by atoms with van der Waals surface area (Å²) in [5, 5.41) is 1.14. The lowest BCUT2D eigenvalue weighted by molar-refractivity contribution is -0.141. The Bertz CT molecular complexity index is 1660. The van der Waals surface area contributed by atoms with Crippen molar-refractivity contribution in [2.24, 2.45) is 0 Å². The number of aromatic nitrogens is 1. The highest BCUT2D eigenvalue weighted by molar-refractivity contribution is 5.86. The van der Waals surface area contributed by atoms with Gasteiger partial charge in [0.2, 0.25) is 11.8 Å². The standard InChI is InChI=1S/C36H36FN3O3/c1-26-7-9-28(10-8-26)23-39(20-19-30-22-38-34-6-4-3-5-33(30)34)36(42)25-40(24-29-11-15-31(37)16-12-29)35(41)21-27-13-17-32(43-2)18-14-27/h3-18,22,38H,19-21,23-25H2,1-2H3. The summed E-state index contributed by atoms with van der Waals surface area (Å²) < 4.78 is 18.9. The number of aryl methyl sites for hydroxylation is 1. The van der Waals surface area contributed by atoms with Crippen LogP contribution >= 0.6 is 0 Å². The second-order valence-corrected chi connectivity index (χ2v) is 10.8. The molecule has 1 aromatic heterocycles. The molecule has 43 heavy (non-hydrogen) atoms. The van der Waals surface area contributed by atoms with Crippen LogP contribution in [0.1, 0.15) is 27.8 Å². The summed E-state index contributed by atoms with van der Waals surface area (Å²) in [6, 6.07) is 29.6. The van der Waals surface area contributed by atoms with E-state index in [0.717, 1.165) is 38.7 Å². The average Bonchev–Trinajstić information content (AvgIpc) is 3.44. The number of nitrogens with zero attached hydrogens (tertiary/aromatic N) is 2. The highest BCUT2D eigenvalue weighted by Crippen LogP contribution is 2.20. The number of nitrogens with one attached hydrogen (secondary N) is 1. The molecule has 0 bridgehead atoms. The third kappa shape index (κ3) is 7.89. The van der Waals surface area contributed by atoms with Crippen LogP contribution < -0.4 is 4.74 Å². The van der Waals surface area contributed by atoms with Crippen LogP contribution in [0.5, 0.6) is 5.75 Å². The van der Waals surface area contributed by atoms with Crippen molar-refractivity contribution in [1.82, 2.24) is 14.8 Å². The molecule has 5 rings (SSSR count). The van der Waals surface area contributed by atoms with Gasteiger partial charge in [-0.3, -0.25) is 9.59 Å². The number of carbonyl (C=O) groups excluding carboxylic acids is 2. The summed E-state index contributed by atoms with van der Waals surface area (Å²) in [4.78, 5) is 34.3. The Hall–Kier alpha value is -4.91. The fourth-order valence-electron chi connectivity index (χ4n) is 5.14. The van der Waals surface area contributed by atoms with Gasteiger partial charge in [-0.15, -0.1) is 0 Å². The van der Waals surface area contributed by atoms with Crippen molar-refractivity contribution in [3.05, 3.63) is 137 Å². The molecular weight excluding hydrogens is 541 g/mol. The number of H-pyrrole nitrogens is 1. The first-order valence-electron chi connectivity index (χ1n) is 14.4. The molecule has 4 aromatic carbocycles. The Labute approximate surface area is 251 Å². The minimum atomic E-state index is -0.350. The van der Waals surface area contributed by atoms with Crippen LogP contribution in [0.4, 0.5) is 4.39 Å². The molecule has 0 saturated carbocycles. The number of para-hydroxylation sites is 1. The number of aromatic amines is 1. The molecule has 0 aliphatic heterocycles. The van der Waals surface area contributed by atoms with Gasteiger partial charge in [0.25, 0.3) is 0 Å². The van der Waals surface area contributed by atoms with Crippen LogP contribution in [0.2, 0.25) is 0 Å². The predicted molar refractivity (Wildman–Crippen MR) is 167 cm³/mol. The van der Waals surface area contributed by atoms with Crippen molar-refractivity contribution in [1.29, 1.82) is 0 Å². The Morgan fingerprint density at radius 1 is 0.767 bits per heavy atom. The Balaban J connectivity index is 1.37. The van der Waals surface area contributed by atoms with E-state index in [1.54, 1.807) is 24.1 Å². The summed E-state index contributed by atoms with van der Waals surface area (Å²) >= 11 is 0. The molecule has 1 N–H and O–H groups in total. The molecule has 0 saturated heterocycles. The molecule has 2 amide bonds. The van der Waals surface area contributed by atoms with E-state index in [2.05, 4.69) is 11.1 Å². The van der Waals surface area contributed by atoms with Crippen LogP contribution in [-0.4, -0.2) is 46.8 Å². The normalized spacial score (nSPS) is 11.0. The Kier molecular flexibility index (Phi) is 9.52. The first-order chi connectivity index (χ1) is 20.9. The number of rotatable bonds is 12. The zero-order valence-electron chi connectivity index (χ0n) is 24.6. The van der Waals surface area contributed by atoms with E-state index in [1.165, 1.54) is 12.1 Å². The van der Waals surface area contributed by atoms with E-state index in [1.807, 2.05) is 84.8 Å². The molecule has 6 nitrogen and oxygen atoms in total. The Morgan fingerprint density at radius 2 is 1.40 bits per heavy atom. The summed E-state index contributed by atoms with van der Waals surface area (Å²) in [5.41, 5.74) is 5.93. The zero-order chi connectivity index (χ0) is 30.2. The van der Waals surface area contributed by atoms with Gasteiger partial charge in [0, 0.05) is 36.7 Å². The summed E-state index contributed by atoms with van der Waals surface area (Å²) in [7, 11) is 1.59. The Morgan fingerprint density at radius 3 is 2.09 bits per heavy atom. The van der Waals surface area contributed by atoms with Crippen molar-refractivity contribution >= 4 is 22.7 Å². The van der Waals surface area contributed by atoms with Gasteiger partial charge in [-0.25, -0.2) is 4.39 Å². The first kappa shape index (κ1) is 29.6. The summed E-state index contributed by atoms with van der Waals surface area (Å²) in [6.45, 7) is 3.06. The van der Waals surface area contributed by atoms with E-state index in [0.29, 0.717) is 25.3 Å². The van der Waals surface area contributed by atoms with Gasteiger partial charge in [0.1, 0.15) is 18.1 Å². The molecule has 0 aliphatic rings. The fraction of sp³-hybridized carbons (Fsp3) is 0.222. The van der Waals surface area contributed by atoms with Crippen LogP contribution in [0.25, 0.3) is 10.9 Å². The van der Waals surface area contributed by atoms with E-state index >= 15 is 0 Å². The molecule has 1 heterocycles. The maximum Gasteiger partial charge on any atom is 0.242 e. The van der Waals surface area contributed by atoms with Crippen LogP contribution in [0, 0.1) is 12.7 Å². The maximum absolute atomic E-state index is 14.0. The number of amides is 2. The van der Waals surface area contributed by atoms with Crippen LogP contribution in [0.15, 0.2) is 103 Å². The summed E-state index contributed by atoms with van der Waals surface area (Å²) in [5.74, 6) is 0.0225. The number of ether oxygens (including phenoxy) is 1. The molecule has 0 aliphatic carbocycles. The minimum Gasteiger partial charge on any atom is -0.497 e. The van der Waals surface area contributed by atoms with Crippen LogP contribution in [0.3, 0.4) is 0 Å². The predicted octanol–water partition coefficient (Wildman–Crippen LogP) is 6.47.